The SMILES string of the molecule is Cc1cc(Cl)c([C@@H](C)NS(=O)(=O)CCCCCN2CC(=O)NC2=O)cc1OCC1CC1. The maximum Gasteiger partial charge on any atom is 0.324 e. The lowest BCUT2D eigenvalue weighted by Gasteiger charge is -2.19. The highest BCUT2D eigenvalue weighted by molar-refractivity contribution is 7.89. The summed E-state index contributed by atoms with van der Waals surface area (Å²) in [6, 6.07) is 2.77. The van der Waals surface area contributed by atoms with Crippen LogP contribution in [0.5, 0.6) is 5.75 Å². The number of ether oxygens (including phenoxy) is 1. The highest BCUT2D eigenvalue weighted by atomic mass is 35.5. The third-order valence-corrected chi connectivity index (χ3v) is 7.36. The van der Waals surface area contributed by atoms with Gasteiger partial charge in [0.2, 0.25) is 15.9 Å². The second-order valence-corrected chi connectivity index (χ2v) is 10.7. The molecule has 2 aliphatic rings. The van der Waals surface area contributed by atoms with Gasteiger partial charge in [0.05, 0.1) is 12.4 Å². The number of aryl methyl sites for hydroxylation is 1. The summed E-state index contributed by atoms with van der Waals surface area (Å²) in [4.78, 5) is 24.1. The third kappa shape index (κ3) is 7.08. The lowest BCUT2D eigenvalue weighted by atomic mass is 10.1. The first kappa shape index (κ1) is 23.8. The summed E-state index contributed by atoms with van der Waals surface area (Å²) < 4.78 is 33.6. The molecule has 0 unspecified atom stereocenters. The molecule has 1 aliphatic carbocycles. The number of carbonyl (C=O) groups excluding carboxylic acids is 2. The zero-order chi connectivity index (χ0) is 22.6. The minimum Gasteiger partial charge on any atom is -0.493 e. The van der Waals surface area contributed by atoms with E-state index in [0.717, 1.165) is 11.3 Å². The number of halogens is 1. The van der Waals surface area contributed by atoms with Gasteiger partial charge < -0.3 is 9.64 Å². The van der Waals surface area contributed by atoms with Crippen molar-refractivity contribution in [2.24, 2.45) is 5.92 Å². The third-order valence-electron chi connectivity index (χ3n) is 5.50. The molecule has 3 amide bonds. The van der Waals surface area contributed by atoms with E-state index < -0.39 is 16.1 Å². The van der Waals surface area contributed by atoms with Crippen LogP contribution >= 0.6 is 11.6 Å². The van der Waals surface area contributed by atoms with Crippen molar-refractivity contribution >= 4 is 33.6 Å². The van der Waals surface area contributed by atoms with E-state index in [1.165, 1.54) is 17.7 Å². The van der Waals surface area contributed by atoms with Crippen LogP contribution in [0.25, 0.3) is 0 Å². The van der Waals surface area contributed by atoms with Gasteiger partial charge in [0.25, 0.3) is 0 Å². The second-order valence-electron chi connectivity index (χ2n) is 8.39. The van der Waals surface area contributed by atoms with Crippen LogP contribution in [-0.2, 0) is 14.8 Å². The molecule has 3 rings (SSSR count). The van der Waals surface area contributed by atoms with E-state index in [4.69, 9.17) is 16.3 Å². The molecule has 1 aromatic rings. The summed E-state index contributed by atoms with van der Waals surface area (Å²) in [7, 11) is -3.50. The smallest absolute Gasteiger partial charge is 0.324 e. The molecular weight excluding hydrogens is 442 g/mol. The minimum atomic E-state index is -3.50. The number of rotatable bonds is 12. The van der Waals surface area contributed by atoms with Gasteiger partial charge in [-0.2, -0.15) is 0 Å². The number of benzene rings is 1. The van der Waals surface area contributed by atoms with Gasteiger partial charge in [-0.25, -0.2) is 17.9 Å². The molecule has 1 saturated heterocycles. The van der Waals surface area contributed by atoms with Crippen molar-refractivity contribution in [1.29, 1.82) is 0 Å². The van der Waals surface area contributed by atoms with Crippen LogP contribution in [0.4, 0.5) is 4.79 Å². The summed E-state index contributed by atoms with van der Waals surface area (Å²) in [5.74, 6) is 1.04. The summed E-state index contributed by atoms with van der Waals surface area (Å²) in [6.07, 6.45) is 4.12. The summed E-state index contributed by atoms with van der Waals surface area (Å²) >= 11 is 6.38. The molecule has 1 aromatic carbocycles. The normalized spacial score (nSPS) is 17.7. The zero-order valence-electron chi connectivity index (χ0n) is 17.9. The second kappa shape index (κ2) is 10.2. The van der Waals surface area contributed by atoms with Gasteiger partial charge in [-0.15, -0.1) is 0 Å². The molecule has 2 fully saturated rings. The molecule has 0 spiro atoms. The molecule has 10 heteroatoms. The molecule has 1 heterocycles. The first-order chi connectivity index (χ1) is 14.6. The van der Waals surface area contributed by atoms with E-state index in [9.17, 15) is 18.0 Å². The molecule has 8 nitrogen and oxygen atoms in total. The van der Waals surface area contributed by atoms with Crippen molar-refractivity contribution in [3.05, 3.63) is 28.3 Å². The van der Waals surface area contributed by atoms with Gasteiger partial charge in [-0.3, -0.25) is 10.1 Å². The van der Waals surface area contributed by atoms with E-state index in [0.29, 0.717) is 48.9 Å². The van der Waals surface area contributed by atoms with Crippen LogP contribution < -0.4 is 14.8 Å². The van der Waals surface area contributed by atoms with Crippen molar-refractivity contribution in [3.8, 4) is 5.75 Å². The van der Waals surface area contributed by atoms with Crippen molar-refractivity contribution < 1.29 is 22.7 Å². The van der Waals surface area contributed by atoms with Gasteiger partial charge in [0, 0.05) is 17.6 Å². The average Bonchev–Trinajstić information content (AvgIpc) is 3.44. The minimum absolute atomic E-state index is 0.0169. The van der Waals surface area contributed by atoms with E-state index in [1.807, 2.05) is 19.1 Å². The van der Waals surface area contributed by atoms with Crippen LogP contribution in [0.2, 0.25) is 5.02 Å². The molecule has 2 N–H and O–H groups in total. The number of carbonyl (C=O) groups is 2. The lowest BCUT2D eigenvalue weighted by molar-refractivity contribution is -0.118. The Hall–Kier alpha value is -1.84. The lowest BCUT2D eigenvalue weighted by Crippen LogP contribution is -2.30. The standard InChI is InChI=1S/C21H30ClN3O5S/c1-14-10-18(22)17(11-19(14)30-13-16-6-7-16)15(2)24-31(28,29)9-5-3-4-8-25-12-20(26)23-21(25)27/h10-11,15-16,24H,3-9,12-13H2,1-2H3,(H,23,26,27)/t15-/m1/s1. The fourth-order valence-electron chi connectivity index (χ4n) is 3.47. The van der Waals surface area contributed by atoms with Gasteiger partial charge in [-0.1, -0.05) is 18.0 Å². The average molecular weight is 472 g/mol. The number of hydrogen-bond acceptors (Lipinski definition) is 5. The van der Waals surface area contributed by atoms with Crippen LogP contribution in [0.15, 0.2) is 12.1 Å². The zero-order valence-corrected chi connectivity index (χ0v) is 19.5. The molecule has 0 bridgehead atoms. The first-order valence-electron chi connectivity index (χ1n) is 10.7. The number of amides is 3. The Morgan fingerprint density at radius 2 is 2.00 bits per heavy atom. The Labute approximate surface area is 188 Å². The monoisotopic (exact) mass is 471 g/mol. The highest BCUT2D eigenvalue weighted by Crippen LogP contribution is 2.34. The highest BCUT2D eigenvalue weighted by Gasteiger charge is 2.26. The van der Waals surface area contributed by atoms with Crippen molar-refractivity contribution in [2.45, 2.75) is 52.0 Å². The van der Waals surface area contributed by atoms with Gasteiger partial charge in [0.1, 0.15) is 12.3 Å². The van der Waals surface area contributed by atoms with E-state index >= 15 is 0 Å². The fourth-order valence-corrected chi connectivity index (χ4v) is 5.22. The molecule has 1 aliphatic heterocycles. The van der Waals surface area contributed by atoms with Gasteiger partial charge in [-0.05, 0) is 68.7 Å². The number of urea groups is 1. The molecule has 1 atom stereocenters. The summed E-state index contributed by atoms with van der Waals surface area (Å²) in [5.41, 5.74) is 1.61. The Balaban J connectivity index is 1.47. The largest absolute Gasteiger partial charge is 0.493 e. The quantitative estimate of drug-likeness (QED) is 0.360. The van der Waals surface area contributed by atoms with E-state index in [-0.39, 0.29) is 24.2 Å². The van der Waals surface area contributed by atoms with Crippen LogP contribution in [0, 0.1) is 12.8 Å². The predicted octanol–water partition coefficient (Wildman–Crippen LogP) is 3.14. The Morgan fingerprint density at radius 3 is 2.65 bits per heavy atom. The van der Waals surface area contributed by atoms with E-state index in [1.54, 1.807) is 6.92 Å². The van der Waals surface area contributed by atoms with Crippen molar-refractivity contribution in [2.75, 3.05) is 25.4 Å². The molecular formula is C21H30ClN3O5S. The Kier molecular flexibility index (Phi) is 7.82. The maximum atomic E-state index is 12.5. The van der Waals surface area contributed by atoms with Crippen LogP contribution in [0.3, 0.4) is 0 Å². The number of imide groups is 1. The molecule has 172 valence electrons. The fraction of sp³-hybridized carbons (Fsp3) is 0.619. The van der Waals surface area contributed by atoms with E-state index in [2.05, 4.69) is 10.0 Å². The summed E-state index contributed by atoms with van der Waals surface area (Å²) in [6.45, 7) is 4.87. The molecule has 31 heavy (non-hydrogen) atoms. The Bertz CT molecular complexity index is 933. The van der Waals surface area contributed by atoms with Gasteiger partial charge in [0.15, 0.2) is 0 Å². The van der Waals surface area contributed by atoms with Crippen LogP contribution in [0.1, 0.15) is 56.2 Å². The number of hydrogen-bond donors (Lipinski definition) is 2. The van der Waals surface area contributed by atoms with Crippen molar-refractivity contribution in [1.82, 2.24) is 14.9 Å². The number of nitrogens with one attached hydrogen (secondary N) is 2. The van der Waals surface area contributed by atoms with Crippen LogP contribution in [-0.4, -0.2) is 50.7 Å². The number of sulfonamides is 1. The molecule has 0 aromatic heterocycles. The first-order valence-corrected chi connectivity index (χ1v) is 12.7. The van der Waals surface area contributed by atoms with Crippen molar-refractivity contribution in [3.63, 3.8) is 0 Å². The van der Waals surface area contributed by atoms with Gasteiger partial charge >= 0.3 is 6.03 Å². The number of nitrogens with zero attached hydrogens (tertiary/aromatic N) is 1. The predicted molar refractivity (Wildman–Crippen MR) is 119 cm³/mol. The topological polar surface area (TPSA) is 105 Å². The summed E-state index contributed by atoms with van der Waals surface area (Å²) in [5, 5.41) is 2.72. The maximum absolute atomic E-state index is 12.5. The molecule has 0 radical (unpaired) electrons. The Morgan fingerprint density at radius 1 is 1.26 bits per heavy atom. The number of unbranched alkanes of at least 4 members (excludes halogenated alkanes) is 2. The molecule has 1 saturated carbocycles.